The Hall–Kier alpha value is -2.90. The van der Waals surface area contributed by atoms with Crippen LogP contribution in [0.15, 0.2) is 24.3 Å². The molecule has 1 aromatic rings. The number of amides is 1. The number of carbonyl (C=O) groups is 4. The standard InChI is InChI=1S/C17H21NO7/c1-11(19)25-10-12-4-6-13(7-5-12)16(21)18-14(17(22)24-3)8-9-15(20)23-2/h4-7,14H,8-10H2,1-3H3,(H,18,21). The van der Waals surface area contributed by atoms with Gasteiger partial charge in [-0.05, 0) is 24.1 Å². The molecule has 0 aromatic heterocycles. The molecule has 0 aliphatic rings. The Kier molecular flexibility index (Phi) is 8.11. The highest BCUT2D eigenvalue weighted by molar-refractivity contribution is 5.96. The summed E-state index contributed by atoms with van der Waals surface area (Å²) in [5.41, 5.74) is 1.04. The molecule has 0 saturated heterocycles. The first-order valence-corrected chi connectivity index (χ1v) is 7.55. The van der Waals surface area contributed by atoms with Gasteiger partial charge in [0.2, 0.25) is 0 Å². The molecule has 0 radical (unpaired) electrons. The fraction of sp³-hybridized carbons (Fsp3) is 0.412. The summed E-state index contributed by atoms with van der Waals surface area (Å²) in [6.07, 6.45) is 0.0352. The van der Waals surface area contributed by atoms with Gasteiger partial charge in [-0.3, -0.25) is 14.4 Å². The highest BCUT2D eigenvalue weighted by atomic mass is 16.5. The lowest BCUT2D eigenvalue weighted by molar-refractivity contribution is -0.144. The van der Waals surface area contributed by atoms with Crippen LogP contribution in [0.1, 0.15) is 35.7 Å². The van der Waals surface area contributed by atoms with Gasteiger partial charge >= 0.3 is 17.9 Å². The van der Waals surface area contributed by atoms with Crippen molar-refractivity contribution >= 4 is 23.8 Å². The Balaban J connectivity index is 2.70. The van der Waals surface area contributed by atoms with Crippen molar-refractivity contribution in [1.82, 2.24) is 5.32 Å². The Morgan fingerprint density at radius 3 is 2.20 bits per heavy atom. The molecule has 1 unspecified atom stereocenters. The van der Waals surface area contributed by atoms with E-state index in [4.69, 9.17) is 4.74 Å². The fourth-order valence-corrected chi connectivity index (χ4v) is 1.93. The Labute approximate surface area is 145 Å². The molecule has 1 rings (SSSR count). The van der Waals surface area contributed by atoms with Crippen LogP contribution >= 0.6 is 0 Å². The lowest BCUT2D eigenvalue weighted by Crippen LogP contribution is -2.41. The molecule has 1 N–H and O–H groups in total. The van der Waals surface area contributed by atoms with E-state index in [2.05, 4.69) is 14.8 Å². The average molecular weight is 351 g/mol. The second kappa shape index (κ2) is 10.1. The van der Waals surface area contributed by atoms with Gasteiger partial charge in [0.05, 0.1) is 14.2 Å². The zero-order valence-electron chi connectivity index (χ0n) is 14.4. The maximum Gasteiger partial charge on any atom is 0.328 e. The van der Waals surface area contributed by atoms with Crippen molar-refractivity contribution in [1.29, 1.82) is 0 Å². The number of benzene rings is 1. The molecule has 0 saturated carbocycles. The quantitative estimate of drug-likeness (QED) is 0.549. The van der Waals surface area contributed by atoms with E-state index in [9.17, 15) is 19.2 Å². The van der Waals surface area contributed by atoms with E-state index in [0.717, 1.165) is 5.56 Å². The van der Waals surface area contributed by atoms with Gasteiger partial charge in [-0.2, -0.15) is 0 Å². The van der Waals surface area contributed by atoms with E-state index in [1.54, 1.807) is 24.3 Å². The highest BCUT2D eigenvalue weighted by Gasteiger charge is 2.23. The molecule has 25 heavy (non-hydrogen) atoms. The molecule has 1 aromatic carbocycles. The van der Waals surface area contributed by atoms with Crippen LogP contribution < -0.4 is 5.32 Å². The van der Waals surface area contributed by atoms with E-state index in [1.807, 2.05) is 0 Å². The molecule has 0 aliphatic carbocycles. The largest absolute Gasteiger partial charge is 0.469 e. The van der Waals surface area contributed by atoms with Crippen molar-refractivity contribution in [2.45, 2.75) is 32.4 Å². The topological polar surface area (TPSA) is 108 Å². The van der Waals surface area contributed by atoms with Gasteiger partial charge in [-0.1, -0.05) is 12.1 Å². The SMILES string of the molecule is COC(=O)CCC(NC(=O)c1ccc(COC(C)=O)cc1)C(=O)OC. The van der Waals surface area contributed by atoms with Gasteiger partial charge < -0.3 is 19.5 Å². The van der Waals surface area contributed by atoms with E-state index in [0.29, 0.717) is 5.56 Å². The maximum atomic E-state index is 12.2. The molecule has 0 aliphatic heterocycles. The lowest BCUT2D eigenvalue weighted by atomic mass is 10.1. The normalized spacial score (nSPS) is 11.2. The van der Waals surface area contributed by atoms with Gasteiger partial charge in [0.1, 0.15) is 12.6 Å². The second-order valence-electron chi connectivity index (χ2n) is 5.14. The van der Waals surface area contributed by atoms with Gasteiger partial charge in [0.25, 0.3) is 5.91 Å². The fourth-order valence-electron chi connectivity index (χ4n) is 1.93. The first-order chi connectivity index (χ1) is 11.9. The van der Waals surface area contributed by atoms with Crippen LogP contribution in [-0.4, -0.2) is 44.1 Å². The number of nitrogens with one attached hydrogen (secondary N) is 1. The number of carbonyl (C=O) groups excluding carboxylic acids is 4. The minimum atomic E-state index is -0.961. The van der Waals surface area contributed by atoms with Crippen molar-refractivity contribution < 1.29 is 33.4 Å². The summed E-state index contributed by atoms with van der Waals surface area (Å²) in [5, 5.41) is 2.53. The molecule has 0 heterocycles. The predicted molar refractivity (Wildman–Crippen MR) is 86.4 cm³/mol. The molecule has 1 atom stereocenters. The summed E-state index contributed by atoms with van der Waals surface area (Å²) in [4.78, 5) is 46.0. The summed E-state index contributed by atoms with van der Waals surface area (Å²) in [7, 11) is 2.44. The highest BCUT2D eigenvalue weighted by Crippen LogP contribution is 2.08. The van der Waals surface area contributed by atoms with E-state index < -0.39 is 29.9 Å². The van der Waals surface area contributed by atoms with Gasteiger partial charge in [-0.15, -0.1) is 0 Å². The number of rotatable bonds is 8. The first-order valence-electron chi connectivity index (χ1n) is 7.55. The molecule has 0 bridgehead atoms. The molecule has 136 valence electrons. The summed E-state index contributed by atoms with van der Waals surface area (Å²) >= 11 is 0. The number of ether oxygens (including phenoxy) is 3. The second-order valence-corrected chi connectivity index (χ2v) is 5.14. The van der Waals surface area contributed by atoms with Crippen molar-refractivity contribution in [3.8, 4) is 0 Å². The van der Waals surface area contributed by atoms with Crippen LogP contribution in [0.5, 0.6) is 0 Å². The van der Waals surface area contributed by atoms with Crippen molar-refractivity contribution in [3.05, 3.63) is 35.4 Å². The third kappa shape index (κ3) is 7.03. The van der Waals surface area contributed by atoms with Crippen molar-refractivity contribution in [2.24, 2.45) is 0 Å². The number of methoxy groups -OCH3 is 2. The van der Waals surface area contributed by atoms with Gasteiger partial charge in [0, 0.05) is 18.9 Å². The van der Waals surface area contributed by atoms with Crippen molar-refractivity contribution in [2.75, 3.05) is 14.2 Å². The van der Waals surface area contributed by atoms with Gasteiger partial charge in [0.15, 0.2) is 0 Å². The minimum Gasteiger partial charge on any atom is -0.469 e. The molecule has 0 spiro atoms. The van der Waals surface area contributed by atoms with Crippen LogP contribution in [0.4, 0.5) is 0 Å². The number of esters is 3. The molecule has 0 fully saturated rings. The van der Waals surface area contributed by atoms with Crippen LogP contribution in [0.25, 0.3) is 0 Å². The zero-order chi connectivity index (χ0) is 18.8. The molecular formula is C17H21NO7. The lowest BCUT2D eigenvalue weighted by Gasteiger charge is -2.16. The van der Waals surface area contributed by atoms with E-state index in [1.165, 1.54) is 21.1 Å². The number of hydrogen-bond donors (Lipinski definition) is 1. The maximum absolute atomic E-state index is 12.2. The minimum absolute atomic E-state index is 0.0299. The summed E-state index contributed by atoms with van der Waals surface area (Å²) in [6, 6.07) is 5.40. The smallest absolute Gasteiger partial charge is 0.328 e. The average Bonchev–Trinajstić information content (AvgIpc) is 2.62. The van der Waals surface area contributed by atoms with Crippen LogP contribution in [0, 0.1) is 0 Å². The molecule has 1 amide bonds. The zero-order valence-corrected chi connectivity index (χ0v) is 14.4. The third-order valence-corrected chi connectivity index (χ3v) is 3.31. The Morgan fingerprint density at radius 2 is 1.68 bits per heavy atom. The predicted octanol–water partition coefficient (Wildman–Crippen LogP) is 0.974. The summed E-state index contributed by atoms with van der Waals surface area (Å²) in [6.45, 7) is 1.42. The van der Waals surface area contributed by atoms with Gasteiger partial charge in [-0.25, -0.2) is 4.79 Å². The third-order valence-electron chi connectivity index (χ3n) is 3.31. The Bertz CT molecular complexity index is 624. The monoisotopic (exact) mass is 351 g/mol. The Morgan fingerprint density at radius 1 is 1.04 bits per heavy atom. The summed E-state index contributed by atoms with van der Waals surface area (Å²) in [5.74, 6) is -2.02. The molecule has 8 nitrogen and oxygen atoms in total. The molecule has 8 heteroatoms. The first kappa shape index (κ1) is 20.1. The van der Waals surface area contributed by atoms with Crippen LogP contribution in [0.2, 0.25) is 0 Å². The van der Waals surface area contributed by atoms with Crippen LogP contribution in [-0.2, 0) is 35.2 Å². The molecular weight excluding hydrogens is 330 g/mol. The van der Waals surface area contributed by atoms with E-state index >= 15 is 0 Å². The summed E-state index contributed by atoms with van der Waals surface area (Å²) < 4.78 is 14.0. The van der Waals surface area contributed by atoms with Crippen LogP contribution in [0.3, 0.4) is 0 Å². The number of hydrogen-bond acceptors (Lipinski definition) is 7. The van der Waals surface area contributed by atoms with E-state index in [-0.39, 0.29) is 19.4 Å². The van der Waals surface area contributed by atoms with Crippen molar-refractivity contribution in [3.63, 3.8) is 0 Å².